The molecule has 0 atom stereocenters. The molecular formula is C65H61N21O10. The number of benzene rings is 6. The topological polar surface area (TPSA) is 425 Å². The van der Waals surface area contributed by atoms with Gasteiger partial charge in [-0.1, -0.05) is 74.4 Å². The Kier molecular flexibility index (Phi) is 17.3. The number of carbonyl (C=O) groups excluding carboxylic acids is 6. The molecule has 0 fully saturated rings. The van der Waals surface area contributed by atoms with Crippen LogP contribution >= 0.6 is 0 Å². The number of fused-ring (bicyclic) bond motifs is 4. The highest BCUT2D eigenvalue weighted by atomic mass is 16.6. The Morgan fingerprint density at radius 3 is 0.885 bits per heavy atom. The van der Waals surface area contributed by atoms with Gasteiger partial charge in [-0.2, -0.15) is 44.9 Å². The molecular weight excluding hydrogens is 1230 g/mol. The van der Waals surface area contributed by atoms with Crippen molar-refractivity contribution in [3.63, 3.8) is 0 Å². The molecule has 0 bridgehead atoms. The number of rotatable bonds is 14. The summed E-state index contributed by atoms with van der Waals surface area (Å²) in [5.41, 5.74) is 7.29. The number of nitro benzene ring substituents is 2. The van der Waals surface area contributed by atoms with Crippen molar-refractivity contribution in [1.29, 1.82) is 0 Å². The van der Waals surface area contributed by atoms with Crippen molar-refractivity contribution in [1.82, 2.24) is 55.5 Å². The van der Waals surface area contributed by atoms with Gasteiger partial charge >= 0.3 is 0 Å². The van der Waals surface area contributed by atoms with E-state index < -0.39 is 38.9 Å². The smallest absolute Gasteiger partial charge is 0.269 e. The molecule has 486 valence electrons. The fourth-order valence-electron chi connectivity index (χ4n) is 9.65. The van der Waals surface area contributed by atoms with Gasteiger partial charge in [0.15, 0.2) is 0 Å². The highest BCUT2D eigenvalue weighted by Gasteiger charge is 2.30. The highest BCUT2D eigenvalue weighted by Crippen LogP contribution is 2.33. The molecule has 31 nitrogen and oxygen atoms in total. The van der Waals surface area contributed by atoms with Gasteiger partial charge in [-0.3, -0.25) is 59.6 Å². The summed E-state index contributed by atoms with van der Waals surface area (Å²) in [6, 6.07) is 32.6. The van der Waals surface area contributed by atoms with Crippen molar-refractivity contribution in [2.75, 3.05) is 42.5 Å². The standard InChI is InChI=1S/C23H19N7O4.C23H23N7O2.C19H19N7O4/c1-23(2,3)20-28-21(24-10-4-6-12-14(8-10)18(33)26-16(12)31)30-22(29-20)25-11-5-7-13-15(9-11)19(34)27-17(13)32;1-23(2,3)20-28-21(24-14-6-4-12-8-18(31)26-16(12)10-14)30-22(29-20)25-15-7-5-13-9-19(32)27-17(13)11-15;1-19(2,3)16-22-17(20-12-4-8-14(9-5-12)25(27)28)24-18(23-16)21-13-6-10-15(11-7-13)26(29)30/h4-9H,1-3H3,(H,26,31,33)(H,27,32,34)(H2,24,25,28,29,30);4-7,10-11H,8-9H2,1-3H3,(H,26,31)(H,27,32)(H2,24,25,28,29,30);4-11H,1-3H3,(H2,20,21,22,23,24). The van der Waals surface area contributed by atoms with E-state index in [2.05, 4.69) is 98.0 Å². The largest absolute Gasteiger partial charge is 0.325 e. The van der Waals surface area contributed by atoms with Crippen LogP contribution in [-0.4, -0.2) is 90.1 Å². The maximum absolute atomic E-state index is 12.0. The number of non-ortho nitro benzene ring substituents is 2. The number of hydrogen-bond donors (Lipinski definition) is 10. The number of hydrogen-bond acceptors (Lipinski definition) is 25. The molecule has 3 aromatic heterocycles. The van der Waals surface area contributed by atoms with E-state index in [0.29, 0.717) is 76.1 Å². The molecule has 6 amide bonds. The van der Waals surface area contributed by atoms with Crippen LogP contribution in [0.25, 0.3) is 0 Å². The zero-order valence-corrected chi connectivity index (χ0v) is 53.0. The molecule has 6 aromatic carbocycles. The van der Waals surface area contributed by atoms with Gasteiger partial charge in [-0.15, -0.1) is 0 Å². The van der Waals surface area contributed by atoms with Crippen molar-refractivity contribution in [2.45, 2.75) is 91.4 Å². The molecule has 31 heteroatoms. The van der Waals surface area contributed by atoms with E-state index in [1.54, 1.807) is 60.7 Å². The fourth-order valence-corrected chi connectivity index (χ4v) is 9.65. The molecule has 9 aromatic rings. The number of nitrogens with one attached hydrogen (secondary N) is 10. The van der Waals surface area contributed by atoms with Crippen molar-refractivity contribution >= 4 is 128 Å². The number of nitrogens with zero attached hydrogens (tertiary/aromatic N) is 11. The van der Waals surface area contributed by atoms with Gasteiger partial charge < -0.3 is 42.5 Å². The second-order valence-electron chi connectivity index (χ2n) is 25.3. The van der Waals surface area contributed by atoms with Gasteiger partial charge in [0, 0.05) is 86.0 Å². The summed E-state index contributed by atoms with van der Waals surface area (Å²) in [5, 5.41) is 50.4. The van der Waals surface area contributed by atoms with Gasteiger partial charge in [0.25, 0.3) is 35.0 Å². The normalized spacial score (nSPS) is 13.4. The molecule has 0 spiro atoms. The van der Waals surface area contributed by atoms with Crippen LogP contribution in [-0.2, 0) is 38.7 Å². The lowest BCUT2D eigenvalue weighted by molar-refractivity contribution is -0.385. The lowest BCUT2D eigenvalue weighted by Crippen LogP contribution is -2.20. The quantitative estimate of drug-likeness (QED) is 0.0275. The summed E-state index contributed by atoms with van der Waals surface area (Å²) in [6.07, 6.45) is 0.787. The first-order chi connectivity index (χ1) is 45.4. The van der Waals surface area contributed by atoms with E-state index in [1.165, 1.54) is 24.3 Å². The molecule has 0 saturated heterocycles. The van der Waals surface area contributed by atoms with Gasteiger partial charge in [0.1, 0.15) is 17.5 Å². The predicted molar refractivity (Wildman–Crippen MR) is 355 cm³/mol. The molecule has 96 heavy (non-hydrogen) atoms. The van der Waals surface area contributed by atoms with Gasteiger partial charge in [0.2, 0.25) is 47.5 Å². The molecule has 0 unspecified atom stereocenters. The van der Waals surface area contributed by atoms with Crippen LogP contribution in [0.2, 0.25) is 0 Å². The Balaban J connectivity index is 0.000000147. The third-order valence-electron chi connectivity index (χ3n) is 14.6. The van der Waals surface area contributed by atoms with Gasteiger partial charge in [0.05, 0.1) is 44.9 Å². The van der Waals surface area contributed by atoms with Crippen LogP contribution in [0.15, 0.2) is 121 Å². The fraction of sp³-hybridized carbons (Fsp3) is 0.215. The molecule has 0 aliphatic carbocycles. The summed E-state index contributed by atoms with van der Waals surface area (Å²) in [6.45, 7) is 17.8. The third kappa shape index (κ3) is 15.2. The van der Waals surface area contributed by atoms with E-state index in [9.17, 15) is 49.0 Å². The summed E-state index contributed by atoms with van der Waals surface area (Å²) < 4.78 is 0. The SMILES string of the molecule is CC(C)(C)c1nc(Nc2ccc([N+](=O)[O-])cc2)nc(Nc2ccc([N+](=O)[O-])cc2)n1.CC(C)(C)c1nc(Nc2ccc3c(c2)C(=O)NC3=O)nc(Nc2ccc3c(c2)C(=O)NC3=O)n1.CC(C)(C)c1nc(Nc2ccc3c(c2)NC(=O)C3)nc(Nc2ccc3c(c2)NC(=O)C3)n1. The highest BCUT2D eigenvalue weighted by molar-refractivity contribution is 6.22. The van der Waals surface area contributed by atoms with Crippen molar-refractivity contribution < 1.29 is 38.6 Å². The summed E-state index contributed by atoms with van der Waals surface area (Å²) in [5.74, 6) is 1.58. The Morgan fingerprint density at radius 2 is 0.594 bits per heavy atom. The molecule has 4 aliphatic heterocycles. The Bertz CT molecular complexity index is 4440. The second-order valence-corrected chi connectivity index (χ2v) is 25.3. The maximum atomic E-state index is 12.0. The minimum absolute atomic E-state index is 0.00986. The first kappa shape index (κ1) is 64.7. The van der Waals surface area contributed by atoms with Gasteiger partial charge in [-0.05, 0) is 96.1 Å². The van der Waals surface area contributed by atoms with Crippen LogP contribution in [0, 0.1) is 20.2 Å². The lowest BCUT2D eigenvalue weighted by Gasteiger charge is -2.19. The number of amides is 6. The average molecular weight is 1300 g/mol. The summed E-state index contributed by atoms with van der Waals surface area (Å²) in [7, 11) is 0. The van der Waals surface area contributed by atoms with E-state index >= 15 is 0 Å². The monoisotopic (exact) mass is 1300 g/mol. The molecule has 7 heterocycles. The molecule has 13 rings (SSSR count). The zero-order chi connectivity index (χ0) is 68.5. The Labute approximate surface area is 546 Å². The third-order valence-corrected chi connectivity index (χ3v) is 14.6. The zero-order valence-electron chi connectivity index (χ0n) is 53.0. The maximum Gasteiger partial charge on any atom is 0.269 e. The molecule has 0 saturated carbocycles. The predicted octanol–water partition coefficient (Wildman–Crippen LogP) is 10.5. The number of carbonyl (C=O) groups is 6. The van der Waals surface area contributed by atoms with Crippen molar-refractivity contribution in [3.8, 4) is 0 Å². The minimum atomic E-state index is -0.476. The number of aromatic nitrogens is 9. The number of imide groups is 2. The molecule has 4 aliphatic rings. The molecule has 0 radical (unpaired) electrons. The molecule has 10 N–H and O–H groups in total. The van der Waals surface area contributed by atoms with Crippen molar-refractivity contribution in [3.05, 3.63) is 192 Å². The van der Waals surface area contributed by atoms with Gasteiger partial charge in [-0.25, -0.2) is 0 Å². The van der Waals surface area contributed by atoms with Crippen LogP contribution in [0.4, 0.5) is 92.6 Å². The Hall–Kier alpha value is -12.8. The van der Waals surface area contributed by atoms with E-state index in [4.69, 9.17) is 0 Å². The van der Waals surface area contributed by atoms with Crippen LogP contribution < -0.4 is 53.2 Å². The van der Waals surface area contributed by atoms with E-state index in [-0.39, 0.29) is 68.9 Å². The summed E-state index contributed by atoms with van der Waals surface area (Å²) >= 11 is 0. The Morgan fingerprint density at radius 1 is 0.333 bits per heavy atom. The van der Waals surface area contributed by atoms with Crippen molar-refractivity contribution in [2.24, 2.45) is 0 Å². The minimum Gasteiger partial charge on any atom is -0.325 e. The average Bonchev–Trinajstić information content (AvgIpc) is 1.69. The van der Waals surface area contributed by atoms with Crippen LogP contribution in [0.1, 0.15) is 132 Å². The lowest BCUT2D eigenvalue weighted by atomic mass is 9.96. The number of anilines is 14. The first-order valence-corrected chi connectivity index (χ1v) is 29.7. The number of nitro groups is 2. The van der Waals surface area contributed by atoms with Crippen LogP contribution in [0.5, 0.6) is 0 Å². The first-order valence-electron chi connectivity index (χ1n) is 29.7. The van der Waals surface area contributed by atoms with E-state index in [1.807, 2.05) is 98.7 Å². The van der Waals surface area contributed by atoms with Crippen LogP contribution in [0.3, 0.4) is 0 Å². The van der Waals surface area contributed by atoms with E-state index in [0.717, 1.165) is 33.9 Å². The second kappa shape index (κ2) is 25.7. The summed E-state index contributed by atoms with van der Waals surface area (Å²) in [4.78, 5) is 132.